The number of urea groups is 1. The minimum Gasteiger partial charge on any atom is -0.497 e. The van der Waals surface area contributed by atoms with Crippen LogP contribution in [0.2, 0.25) is 0 Å². The maximum atomic E-state index is 13.5. The summed E-state index contributed by atoms with van der Waals surface area (Å²) >= 11 is 0. The fourth-order valence-corrected chi connectivity index (χ4v) is 1.70. The number of nitrogen functional groups attached to an aromatic ring is 1. The predicted octanol–water partition coefficient (Wildman–Crippen LogP) is 3.20. The fourth-order valence-electron chi connectivity index (χ4n) is 1.70. The first kappa shape index (κ1) is 14.6. The summed E-state index contributed by atoms with van der Waals surface area (Å²) in [4.78, 5) is 11.8. The molecule has 2 aromatic rings. The van der Waals surface area contributed by atoms with Crippen molar-refractivity contribution in [2.24, 2.45) is 0 Å². The molecule has 2 aromatic carbocycles. The third-order valence-electron chi connectivity index (χ3n) is 2.65. The number of nitrogens with one attached hydrogen (secondary N) is 2. The van der Waals surface area contributed by atoms with Crippen LogP contribution >= 0.6 is 0 Å². The highest BCUT2D eigenvalue weighted by atomic mass is 19.1. The number of benzene rings is 2. The molecule has 0 aliphatic heterocycles. The lowest BCUT2D eigenvalue weighted by molar-refractivity contribution is 0.262. The molecule has 0 bridgehead atoms. The Labute approximate surface area is 119 Å². The minimum absolute atomic E-state index is 0.201. The Morgan fingerprint density at radius 3 is 2.62 bits per heavy atom. The normalized spacial score (nSPS) is 10.0. The zero-order valence-corrected chi connectivity index (χ0v) is 11.1. The van der Waals surface area contributed by atoms with Gasteiger partial charge in [0, 0.05) is 17.8 Å². The van der Waals surface area contributed by atoms with Crippen molar-refractivity contribution in [2.45, 2.75) is 0 Å². The number of anilines is 3. The zero-order chi connectivity index (χ0) is 15.4. The topological polar surface area (TPSA) is 76.4 Å². The van der Waals surface area contributed by atoms with Gasteiger partial charge in [0.15, 0.2) is 5.82 Å². The van der Waals surface area contributed by atoms with Gasteiger partial charge < -0.3 is 21.1 Å². The lowest BCUT2D eigenvalue weighted by Crippen LogP contribution is -2.21. The van der Waals surface area contributed by atoms with Crippen LogP contribution in [-0.2, 0) is 0 Å². The first-order valence-electron chi connectivity index (χ1n) is 5.96. The Kier molecular flexibility index (Phi) is 4.22. The molecule has 7 heteroatoms. The minimum atomic E-state index is -0.951. The van der Waals surface area contributed by atoms with E-state index < -0.39 is 17.7 Å². The third kappa shape index (κ3) is 3.59. The van der Waals surface area contributed by atoms with Gasteiger partial charge in [-0.3, -0.25) is 0 Å². The van der Waals surface area contributed by atoms with E-state index in [1.54, 1.807) is 24.3 Å². The van der Waals surface area contributed by atoms with Crippen LogP contribution in [0, 0.1) is 11.6 Å². The number of methoxy groups -OCH3 is 1. The molecule has 110 valence electrons. The highest BCUT2D eigenvalue weighted by Gasteiger charge is 2.12. The van der Waals surface area contributed by atoms with Gasteiger partial charge in [-0.05, 0) is 18.2 Å². The summed E-state index contributed by atoms with van der Waals surface area (Å²) in [5.41, 5.74) is 5.44. The summed E-state index contributed by atoms with van der Waals surface area (Å²) in [5, 5.41) is 4.72. The summed E-state index contributed by atoms with van der Waals surface area (Å²) in [6.45, 7) is 0. The molecule has 2 rings (SSSR count). The average molecular weight is 293 g/mol. The first-order valence-corrected chi connectivity index (χ1v) is 5.96. The Morgan fingerprint density at radius 1 is 1.19 bits per heavy atom. The smallest absolute Gasteiger partial charge is 0.323 e. The number of hydrogen-bond acceptors (Lipinski definition) is 3. The maximum Gasteiger partial charge on any atom is 0.323 e. The average Bonchev–Trinajstić information content (AvgIpc) is 2.43. The number of hydrogen-bond donors (Lipinski definition) is 3. The molecule has 0 aliphatic carbocycles. The van der Waals surface area contributed by atoms with E-state index in [0.29, 0.717) is 17.5 Å². The highest BCUT2D eigenvalue weighted by molar-refractivity contribution is 6.01. The third-order valence-corrected chi connectivity index (χ3v) is 2.65. The number of nitrogens with two attached hydrogens (primary N) is 1. The standard InChI is InChI=1S/C14H13F2N3O2/c1-21-10-4-2-3-9(7-10)18-14(20)19-13-11(16)5-8(15)6-12(13)17/h2-7H,17H2,1H3,(H2,18,19,20). The van der Waals surface area contributed by atoms with E-state index in [2.05, 4.69) is 10.6 Å². The van der Waals surface area contributed by atoms with Gasteiger partial charge >= 0.3 is 6.03 Å². The second-order valence-corrected chi connectivity index (χ2v) is 4.16. The van der Waals surface area contributed by atoms with Crippen LogP contribution < -0.4 is 21.1 Å². The van der Waals surface area contributed by atoms with E-state index >= 15 is 0 Å². The molecule has 0 saturated heterocycles. The molecule has 4 N–H and O–H groups in total. The van der Waals surface area contributed by atoms with Gasteiger partial charge in [0.05, 0.1) is 12.8 Å². The number of ether oxygens (including phenoxy) is 1. The molecule has 0 aromatic heterocycles. The maximum absolute atomic E-state index is 13.5. The zero-order valence-electron chi connectivity index (χ0n) is 11.1. The van der Waals surface area contributed by atoms with E-state index in [4.69, 9.17) is 10.5 Å². The Bertz CT molecular complexity index is 654. The first-order chi connectivity index (χ1) is 9.99. The van der Waals surface area contributed by atoms with Crippen molar-refractivity contribution < 1.29 is 18.3 Å². The van der Waals surface area contributed by atoms with Crippen molar-refractivity contribution in [1.29, 1.82) is 0 Å². The quantitative estimate of drug-likeness (QED) is 0.761. The van der Waals surface area contributed by atoms with E-state index in [1.807, 2.05) is 0 Å². The molecular formula is C14H13F2N3O2. The van der Waals surface area contributed by atoms with Crippen LogP contribution in [0.5, 0.6) is 5.75 Å². The van der Waals surface area contributed by atoms with Gasteiger partial charge in [-0.15, -0.1) is 0 Å². The van der Waals surface area contributed by atoms with Crippen LogP contribution in [0.3, 0.4) is 0 Å². The van der Waals surface area contributed by atoms with Gasteiger partial charge in [0.2, 0.25) is 0 Å². The van der Waals surface area contributed by atoms with Gasteiger partial charge in [0.25, 0.3) is 0 Å². The van der Waals surface area contributed by atoms with E-state index in [9.17, 15) is 13.6 Å². The van der Waals surface area contributed by atoms with Crippen molar-refractivity contribution in [3.05, 3.63) is 48.0 Å². The molecule has 0 aliphatic rings. The van der Waals surface area contributed by atoms with Crippen molar-refractivity contribution >= 4 is 23.1 Å². The summed E-state index contributed by atoms with van der Waals surface area (Å²) in [6, 6.07) is 7.46. The molecular weight excluding hydrogens is 280 g/mol. The fraction of sp³-hybridized carbons (Fsp3) is 0.0714. The number of halogens is 2. The SMILES string of the molecule is COc1cccc(NC(=O)Nc2c(N)cc(F)cc2F)c1. The predicted molar refractivity (Wildman–Crippen MR) is 76.4 cm³/mol. The van der Waals surface area contributed by atoms with Gasteiger partial charge in [-0.25, -0.2) is 13.6 Å². The molecule has 5 nitrogen and oxygen atoms in total. The number of carbonyl (C=O) groups is 1. The Hall–Kier alpha value is -2.83. The molecule has 0 heterocycles. The van der Waals surface area contributed by atoms with E-state index in [1.165, 1.54) is 7.11 Å². The van der Waals surface area contributed by atoms with Crippen LogP contribution in [-0.4, -0.2) is 13.1 Å². The summed E-state index contributed by atoms with van der Waals surface area (Å²) in [5.74, 6) is -1.21. The largest absolute Gasteiger partial charge is 0.497 e. The lowest BCUT2D eigenvalue weighted by Gasteiger charge is -2.11. The Morgan fingerprint density at radius 2 is 1.95 bits per heavy atom. The molecule has 0 radical (unpaired) electrons. The van der Waals surface area contributed by atoms with Crippen molar-refractivity contribution in [1.82, 2.24) is 0 Å². The van der Waals surface area contributed by atoms with E-state index in [-0.39, 0.29) is 11.4 Å². The molecule has 0 saturated carbocycles. The van der Waals surface area contributed by atoms with E-state index in [0.717, 1.165) is 6.07 Å². The summed E-state index contributed by atoms with van der Waals surface area (Å²) < 4.78 is 31.5. The van der Waals surface area contributed by atoms with Crippen molar-refractivity contribution in [3.63, 3.8) is 0 Å². The van der Waals surface area contributed by atoms with Gasteiger partial charge in [-0.2, -0.15) is 0 Å². The number of carbonyl (C=O) groups excluding carboxylic acids is 1. The lowest BCUT2D eigenvalue weighted by atomic mass is 10.2. The molecule has 0 fully saturated rings. The second kappa shape index (κ2) is 6.08. The molecule has 0 unspecified atom stereocenters. The monoisotopic (exact) mass is 293 g/mol. The summed E-state index contributed by atoms with van der Waals surface area (Å²) in [6.07, 6.45) is 0. The van der Waals surface area contributed by atoms with Crippen LogP contribution in [0.4, 0.5) is 30.6 Å². The van der Waals surface area contributed by atoms with Crippen molar-refractivity contribution in [3.8, 4) is 5.75 Å². The van der Waals surface area contributed by atoms with Gasteiger partial charge in [0.1, 0.15) is 17.3 Å². The molecule has 0 atom stereocenters. The summed E-state index contributed by atoms with van der Waals surface area (Å²) in [7, 11) is 1.49. The number of rotatable bonds is 3. The van der Waals surface area contributed by atoms with Crippen LogP contribution in [0.15, 0.2) is 36.4 Å². The number of amides is 2. The molecule has 2 amide bonds. The molecule has 21 heavy (non-hydrogen) atoms. The van der Waals surface area contributed by atoms with Crippen LogP contribution in [0.1, 0.15) is 0 Å². The van der Waals surface area contributed by atoms with Gasteiger partial charge in [-0.1, -0.05) is 6.07 Å². The van der Waals surface area contributed by atoms with Crippen molar-refractivity contribution in [2.75, 3.05) is 23.5 Å². The molecule has 0 spiro atoms. The highest BCUT2D eigenvalue weighted by Crippen LogP contribution is 2.24. The second-order valence-electron chi connectivity index (χ2n) is 4.16. The Balaban J connectivity index is 2.12. The van der Waals surface area contributed by atoms with Crippen LogP contribution in [0.25, 0.3) is 0 Å².